The zero-order chi connectivity index (χ0) is 15.4. The molecule has 0 spiro atoms. The summed E-state index contributed by atoms with van der Waals surface area (Å²) in [5.74, 6) is 2.54. The summed E-state index contributed by atoms with van der Waals surface area (Å²) >= 11 is 3.45. The van der Waals surface area contributed by atoms with Crippen LogP contribution in [0.15, 0.2) is 28.7 Å². The minimum absolute atomic E-state index is 0.222. The zero-order valence-corrected chi connectivity index (χ0v) is 14.3. The fourth-order valence-electron chi connectivity index (χ4n) is 3.44. The van der Waals surface area contributed by atoms with Gasteiger partial charge in [-0.25, -0.2) is 0 Å². The number of amides is 1. The molecule has 2 atom stereocenters. The second kappa shape index (κ2) is 7.47. The number of hydrogen-bond acceptors (Lipinski definition) is 3. The van der Waals surface area contributed by atoms with Crippen molar-refractivity contribution in [3.63, 3.8) is 0 Å². The smallest absolute Gasteiger partial charge is 0.225 e. The number of carbonyl (C=O) groups is 1. The Labute approximate surface area is 140 Å². The SMILES string of the molecule is O=C(CCOc1ccccc1Br)N1CC[C@@H]2CNC[C@@H]2CC1. The van der Waals surface area contributed by atoms with Crippen LogP contribution in [0, 0.1) is 11.8 Å². The highest BCUT2D eigenvalue weighted by atomic mass is 79.9. The standard InChI is InChI=1S/C17H23BrN2O2/c18-15-3-1-2-4-16(15)22-10-7-17(21)20-8-5-13-11-19-12-14(13)6-9-20/h1-4,13-14,19H,5-12H2/t13-,14+. The van der Waals surface area contributed by atoms with E-state index in [1.807, 2.05) is 29.2 Å². The number of benzene rings is 1. The molecule has 0 saturated carbocycles. The fourth-order valence-corrected chi connectivity index (χ4v) is 3.83. The molecule has 1 aromatic rings. The molecule has 0 radical (unpaired) electrons. The topological polar surface area (TPSA) is 41.6 Å². The lowest BCUT2D eigenvalue weighted by molar-refractivity contribution is -0.131. The van der Waals surface area contributed by atoms with Gasteiger partial charge in [-0.05, 0) is 65.8 Å². The third kappa shape index (κ3) is 3.82. The molecule has 3 rings (SSSR count). The van der Waals surface area contributed by atoms with Crippen LogP contribution in [0.25, 0.3) is 0 Å². The third-order valence-electron chi connectivity index (χ3n) is 4.78. The van der Waals surface area contributed by atoms with Crippen molar-refractivity contribution in [3.05, 3.63) is 28.7 Å². The molecule has 1 amide bonds. The summed E-state index contributed by atoms with van der Waals surface area (Å²) in [5, 5.41) is 3.47. The Morgan fingerprint density at radius 3 is 2.59 bits per heavy atom. The summed E-state index contributed by atoms with van der Waals surface area (Å²) in [4.78, 5) is 14.4. The number of halogens is 1. The Morgan fingerprint density at radius 1 is 1.23 bits per heavy atom. The van der Waals surface area contributed by atoms with Crippen LogP contribution in [-0.4, -0.2) is 43.6 Å². The molecule has 2 heterocycles. The number of nitrogens with one attached hydrogen (secondary N) is 1. The molecule has 5 heteroatoms. The van der Waals surface area contributed by atoms with Gasteiger partial charge in [0, 0.05) is 13.1 Å². The summed E-state index contributed by atoms with van der Waals surface area (Å²) in [5.41, 5.74) is 0. The maximum Gasteiger partial charge on any atom is 0.225 e. The molecule has 0 unspecified atom stereocenters. The van der Waals surface area contributed by atoms with E-state index in [1.165, 1.54) is 0 Å². The van der Waals surface area contributed by atoms with Gasteiger partial charge >= 0.3 is 0 Å². The Balaban J connectivity index is 1.45. The Morgan fingerprint density at radius 2 is 1.91 bits per heavy atom. The quantitative estimate of drug-likeness (QED) is 0.890. The minimum Gasteiger partial charge on any atom is -0.492 e. The average Bonchev–Trinajstić information content (AvgIpc) is 2.87. The number of carbonyl (C=O) groups excluding carboxylic acids is 1. The molecule has 2 saturated heterocycles. The van der Waals surface area contributed by atoms with E-state index < -0.39 is 0 Å². The molecular formula is C17H23BrN2O2. The van der Waals surface area contributed by atoms with Gasteiger partial charge in [0.2, 0.25) is 5.91 Å². The van der Waals surface area contributed by atoms with Crippen molar-refractivity contribution in [2.24, 2.45) is 11.8 Å². The summed E-state index contributed by atoms with van der Waals surface area (Å²) in [6.07, 6.45) is 2.72. The van der Waals surface area contributed by atoms with Crippen molar-refractivity contribution < 1.29 is 9.53 Å². The van der Waals surface area contributed by atoms with E-state index >= 15 is 0 Å². The first-order valence-electron chi connectivity index (χ1n) is 8.10. The predicted molar refractivity (Wildman–Crippen MR) is 89.9 cm³/mol. The van der Waals surface area contributed by atoms with Crippen molar-refractivity contribution in [2.75, 3.05) is 32.8 Å². The van der Waals surface area contributed by atoms with Crippen molar-refractivity contribution in [1.82, 2.24) is 10.2 Å². The van der Waals surface area contributed by atoms with Crippen molar-refractivity contribution in [1.29, 1.82) is 0 Å². The first-order chi connectivity index (χ1) is 10.7. The number of para-hydroxylation sites is 1. The minimum atomic E-state index is 0.222. The van der Waals surface area contributed by atoms with Crippen LogP contribution >= 0.6 is 15.9 Å². The normalized spacial score (nSPS) is 24.7. The van der Waals surface area contributed by atoms with Crippen LogP contribution in [0.4, 0.5) is 0 Å². The van der Waals surface area contributed by atoms with Crippen molar-refractivity contribution in [3.8, 4) is 5.75 Å². The largest absolute Gasteiger partial charge is 0.492 e. The second-order valence-electron chi connectivity index (χ2n) is 6.17. The molecule has 1 N–H and O–H groups in total. The van der Waals surface area contributed by atoms with Gasteiger partial charge in [0.1, 0.15) is 5.75 Å². The van der Waals surface area contributed by atoms with Crippen molar-refractivity contribution >= 4 is 21.8 Å². The lowest BCUT2D eigenvalue weighted by atomic mass is 9.92. The van der Waals surface area contributed by atoms with Gasteiger partial charge < -0.3 is 15.0 Å². The molecule has 0 bridgehead atoms. The van der Waals surface area contributed by atoms with Crippen molar-refractivity contribution in [2.45, 2.75) is 19.3 Å². The molecule has 120 valence electrons. The van der Waals surface area contributed by atoms with E-state index in [0.717, 1.165) is 61.1 Å². The number of rotatable bonds is 4. The van der Waals surface area contributed by atoms with E-state index in [0.29, 0.717) is 13.0 Å². The monoisotopic (exact) mass is 366 g/mol. The molecule has 2 aliphatic heterocycles. The second-order valence-corrected chi connectivity index (χ2v) is 7.02. The lowest BCUT2D eigenvalue weighted by Gasteiger charge is -2.21. The van der Waals surface area contributed by atoms with Gasteiger partial charge in [0.25, 0.3) is 0 Å². The van der Waals surface area contributed by atoms with Gasteiger partial charge in [-0.3, -0.25) is 4.79 Å². The van der Waals surface area contributed by atoms with Crippen LogP contribution in [0.5, 0.6) is 5.75 Å². The van der Waals surface area contributed by atoms with Crippen LogP contribution in [0.3, 0.4) is 0 Å². The van der Waals surface area contributed by atoms with Gasteiger partial charge in [0.05, 0.1) is 17.5 Å². The number of nitrogens with zero attached hydrogens (tertiary/aromatic N) is 1. The van der Waals surface area contributed by atoms with E-state index in [9.17, 15) is 4.79 Å². The van der Waals surface area contributed by atoms with E-state index in [-0.39, 0.29) is 5.91 Å². The summed E-state index contributed by atoms with van der Waals surface area (Å²) in [7, 11) is 0. The molecule has 0 aromatic heterocycles. The maximum absolute atomic E-state index is 12.4. The molecule has 22 heavy (non-hydrogen) atoms. The van der Waals surface area contributed by atoms with Crippen LogP contribution in [-0.2, 0) is 4.79 Å². The highest BCUT2D eigenvalue weighted by Crippen LogP contribution is 2.27. The molecule has 2 fully saturated rings. The fraction of sp³-hybridized carbons (Fsp3) is 0.588. The molecular weight excluding hydrogens is 344 g/mol. The molecule has 0 aliphatic carbocycles. The third-order valence-corrected chi connectivity index (χ3v) is 5.44. The Kier molecular flexibility index (Phi) is 5.37. The van der Waals surface area contributed by atoms with Gasteiger partial charge in [0.15, 0.2) is 0 Å². The average molecular weight is 367 g/mol. The van der Waals surface area contributed by atoms with Crippen LogP contribution in [0.2, 0.25) is 0 Å². The Bertz CT molecular complexity index is 509. The van der Waals surface area contributed by atoms with Gasteiger partial charge in [-0.2, -0.15) is 0 Å². The van der Waals surface area contributed by atoms with Crippen LogP contribution < -0.4 is 10.1 Å². The number of ether oxygens (including phenoxy) is 1. The van der Waals surface area contributed by atoms with E-state index in [4.69, 9.17) is 4.74 Å². The highest BCUT2D eigenvalue weighted by molar-refractivity contribution is 9.10. The predicted octanol–water partition coefficient (Wildman–Crippen LogP) is 2.68. The summed E-state index contributed by atoms with van der Waals surface area (Å²) in [6, 6.07) is 7.74. The first-order valence-corrected chi connectivity index (χ1v) is 8.89. The van der Waals surface area contributed by atoms with Gasteiger partial charge in [-0.15, -0.1) is 0 Å². The summed E-state index contributed by atoms with van der Waals surface area (Å²) in [6.45, 7) is 4.48. The van der Waals surface area contributed by atoms with E-state index in [1.54, 1.807) is 0 Å². The lowest BCUT2D eigenvalue weighted by Crippen LogP contribution is -2.33. The Hall–Kier alpha value is -1.07. The highest BCUT2D eigenvalue weighted by Gasteiger charge is 2.31. The first kappa shape index (κ1) is 15.8. The van der Waals surface area contributed by atoms with Gasteiger partial charge in [-0.1, -0.05) is 12.1 Å². The zero-order valence-electron chi connectivity index (χ0n) is 12.8. The van der Waals surface area contributed by atoms with E-state index in [2.05, 4.69) is 21.2 Å². The number of hydrogen-bond donors (Lipinski definition) is 1. The number of likely N-dealkylation sites (tertiary alicyclic amines) is 1. The number of fused-ring (bicyclic) bond motifs is 1. The maximum atomic E-state index is 12.4. The molecule has 1 aromatic carbocycles. The molecule has 2 aliphatic rings. The molecule has 4 nitrogen and oxygen atoms in total. The summed E-state index contributed by atoms with van der Waals surface area (Å²) < 4.78 is 6.63. The van der Waals surface area contributed by atoms with Crippen LogP contribution in [0.1, 0.15) is 19.3 Å².